The van der Waals surface area contributed by atoms with Crippen molar-refractivity contribution in [3.63, 3.8) is 0 Å². The minimum atomic E-state index is -0.619. The maximum atomic E-state index is 13.1. The van der Waals surface area contributed by atoms with Crippen LogP contribution in [0.3, 0.4) is 0 Å². The van der Waals surface area contributed by atoms with E-state index in [0.717, 1.165) is 37.8 Å². The molecule has 1 aromatic carbocycles. The zero-order valence-corrected chi connectivity index (χ0v) is 16.0. The number of methoxy groups -OCH3 is 1. The summed E-state index contributed by atoms with van der Waals surface area (Å²) in [5.41, 5.74) is 1.51. The number of carbonyl (C=O) groups excluding carboxylic acids is 2. The molecule has 1 amide bonds. The van der Waals surface area contributed by atoms with Gasteiger partial charge in [0.2, 0.25) is 5.91 Å². The van der Waals surface area contributed by atoms with E-state index in [0.29, 0.717) is 11.0 Å². The first kappa shape index (κ1) is 18.5. The first-order valence-corrected chi connectivity index (χ1v) is 9.83. The normalized spacial score (nSPS) is 24.9. The van der Waals surface area contributed by atoms with Crippen LogP contribution in [0.5, 0.6) is 0 Å². The first-order valence-electron chi connectivity index (χ1n) is 9.83. The number of benzene rings is 1. The summed E-state index contributed by atoms with van der Waals surface area (Å²) in [6.45, 7) is 2.51. The van der Waals surface area contributed by atoms with Gasteiger partial charge < -0.3 is 19.9 Å². The molecule has 1 aromatic rings. The first-order chi connectivity index (χ1) is 12.9. The van der Waals surface area contributed by atoms with Gasteiger partial charge in [-0.25, -0.2) is 4.79 Å². The molecule has 27 heavy (non-hydrogen) atoms. The van der Waals surface area contributed by atoms with Crippen LogP contribution < -0.4 is 5.32 Å². The Kier molecular flexibility index (Phi) is 4.55. The molecule has 6 nitrogen and oxygen atoms in total. The van der Waals surface area contributed by atoms with Crippen LogP contribution >= 0.6 is 0 Å². The number of ether oxygens (including phenoxy) is 1. The molecule has 1 atom stereocenters. The van der Waals surface area contributed by atoms with Gasteiger partial charge in [0.25, 0.3) is 0 Å². The molecule has 1 heterocycles. The maximum absolute atomic E-state index is 13.1. The fraction of sp³-hybridized carbons (Fsp3) is 0.600. The van der Waals surface area contributed by atoms with E-state index in [1.807, 2.05) is 16.9 Å². The Morgan fingerprint density at radius 3 is 2.37 bits per heavy atom. The lowest BCUT2D eigenvalue weighted by Gasteiger charge is -2.40. The van der Waals surface area contributed by atoms with Crippen LogP contribution in [-0.4, -0.2) is 48.5 Å². The summed E-state index contributed by atoms with van der Waals surface area (Å²) < 4.78 is 4.74. The summed E-state index contributed by atoms with van der Waals surface area (Å²) in [7, 11) is 0.746. The summed E-state index contributed by atoms with van der Waals surface area (Å²) in [5.74, 6) is -0.351. The number of hydrogen-bond acceptors (Lipinski definition) is 5. The molecule has 144 valence electrons. The third-order valence-electron chi connectivity index (χ3n) is 6.64. The molecule has 0 aromatic heterocycles. The second-order valence-corrected chi connectivity index (χ2v) is 8.48. The van der Waals surface area contributed by atoms with Crippen molar-refractivity contribution in [2.45, 2.75) is 56.9 Å². The molecule has 2 aliphatic carbocycles. The van der Waals surface area contributed by atoms with E-state index in [-0.39, 0.29) is 23.5 Å². The summed E-state index contributed by atoms with van der Waals surface area (Å²) in [6, 6.07) is 7.02. The predicted molar refractivity (Wildman–Crippen MR) is 102 cm³/mol. The smallest absolute Gasteiger partial charge is 0.377 e. The standard InChI is InChI=1S/C20H27BN2O4/c1-21(26)23-12-11-19(7-8-19)13-16(23)17(24)22-20(9-10-20)15-5-3-14(4-6-15)18(25)27-2/h3-6,16,26H,7-13H2,1-2H3,(H,22,24)/t16-/m1/s1. The average Bonchev–Trinajstić information content (AvgIpc) is 3.60. The SMILES string of the molecule is COC(=O)c1ccc(C2(NC(=O)[C@H]3CC4(CCN3B(C)O)CC4)CC2)cc1. The van der Waals surface area contributed by atoms with Gasteiger partial charge in [-0.15, -0.1) is 0 Å². The van der Waals surface area contributed by atoms with Crippen molar-refractivity contribution < 1.29 is 19.3 Å². The molecular weight excluding hydrogens is 343 g/mol. The molecule has 7 heteroatoms. The van der Waals surface area contributed by atoms with Crippen molar-refractivity contribution in [3.8, 4) is 0 Å². The molecule has 0 radical (unpaired) electrons. The topological polar surface area (TPSA) is 78.9 Å². The van der Waals surface area contributed by atoms with E-state index in [2.05, 4.69) is 5.32 Å². The Morgan fingerprint density at radius 2 is 1.85 bits per heavy atom. The fourth-order valence-electron chi connectivity index (χ4n) is 4.45. The van der Waals surface area contributed by atoms with Crippen LogP contribution in [0.2, 0.25) is 6.82 Å². The maximum Gasteiger partial charge on any atom is 0.377 e. The van der Waals surface area contributed by atoms with Crippen LogP contribution in [0, 0.1) is 5.41 Å². The number of hydrogen-bond donors (Lipinski definition) is 2. The Bertz CT molecular complexity index is 741. The van der Waals surface area contributed by atoms with Gasteiger partial charge in [-0.1, -0.05) is 12.1 Å². The number of piperidine rings is 1. The lowest BCUT2D eigenvalue weighted by Crippen LogP contribution is -2.57. The highest BCUT2D eigenvalue weighted by Crippen LogP contribution is 2.55. The fourth-order valence-corrected chi connectivity index (χ4v) is 4.45. The molecule has 0 bridgehead atoms. The van der Waals surface area contributed by atoms with E-state index in [4.69, 9.17) is 4.74 Å². The van der Waals surface area contributed by atoms with Crippen LogP contribution in [0.25, 0.3) is 0 Å². The number of nitrogens with zero attached hydrogens (tertiary/aromatic N) is 1. The highest BCUT2D eigenvalue weighted by atomic mass is 16.5. The highest BCUT2D eigenvalue weighted by molar-refractivity contribution is 6.45. The molecule has 1 aliphatic heterocycles. The number of carbonyl (C=O) groups is 2. The number of esters is 1. The van der Waals surface area contributed by atoms with Gasteiger partial charge in [0, 0.05) is 0 Å². The monoisotopic (exact) mass is 370 g/mol. The van der Waals surface area contributed by atoms with Crippen molar-refractivity contribution in [3.05, 3.63) is 35.4 Å². The largest absolute Gasteiger partial charge is 0.465 e. The van der Waals surface area contributed by atoms with Crippen LogP contribution in [0.1, 0.15) is 54.4 Å². The molecule has 2 N–H and O–H groups in total. The van der Waals surface area contributed by atoms with Gasteiger partial charge in [0.1, 0.15) is 0 Å². The van der Waals surface area contributed by atoms with Crippen molar-refractivity contribution >= 4 is 18.9 Å². The second-order valence-electron chi connectivity index (χ2n) is 8.48. The minimum Gasteiger partial charge on any atom is -0.465 e. The summed E-state index contributed by atoms with van der Waals surface area (Å²) in [6.07, 6.45) is 6.09. The zero-order chi connectivity index (χ0) is 19.2. The molecule has 3 fully saturated rings. The predicted octanol–water partition coefficient (Wildman–Crippen LogP) is 1.93. The van der Waals surface area contributed by atoms with E-state index in [1.165, 1.54) is 20.0 Å². The van der Waals surface area contributed by atoms with Crippen LogP contribution in [0.15, 0.2) is 24.3 Å². The number of nitrogens with one attached hydrogen (secondary N) is 1. The Hall–Kier alpha value is -1.86. The molecular formula is C20H27BN2O4. The number of rotatable bonds is 5. The van der Waals surface area contributed by atoms with Gasteiger partial charge in [-0.3, -0.25) is 4.79 Å². The Morgan fingerprint density at radius 1 is 1.19 bits per heavy atom. The summed E-state index contributed by atoms with van der Waals surface area (Å²) in [5, 5.41) is 13.4. The van der Waals surface area contributed by atoms with Gasteiger partial charge in [-0.2, -0.15) is 0 Å². The van der Waals surface area contributed by atoms with Crippen molar-refractivity contribution in [1.82, 2.24) is 10.1 Å². The average molecular weight is 370 g/mol. The minimum absolute atomic E-state index is 0.0106. The van der Waals surface area contributed by atoms with Gasteiger partial charge in [0.15, 0.2) is 0 Å². The Labute approximate surface area is 160 Å². The summed E-state index contributed by atoms with van der Waals surface area (Å²) >= 11 is 0. The zero-order valence-electron chi connectivity index (χ0n) is 16.0. The molecule has 1 spiro atoms. The van der Waals surface area contributed by atoms with Crippen molar-refractivity contribution in [1.29, 1.82) is 0 Å². The van der Waals surface area contributed by atoms with Gasteiger partial charge >= 0.3 is 13.0 Å². The third kappa shape index (κ3) is 3.50. The highest BCUT2D eigenvalue weighted by Gasteiger charge is 2.53. The van der Waals surface area contributed by atoms with E-state index in [1.54, 1.807) is 19.0 Å². The van der Waals surface area contributed by atoms with Crippen LogP contribution in [-0.2, 0) is 15.1 Å². The van der Waals surface area contributed by atoms with E-state index in [9.17, 15) is 14.6 Å². The van der Waals surface area contributed by atoms with Crippen molar-refractivity contribution in [2.24, 2.45) is 5.41 Å². The van der Waals surface area contributed by atoms with E-state index < -0.39 is 7.05 Å². The summed E-state index contributed by atoms with van der Waals surface area (Å²) in [4.78, 5) is 26.7. The van der Waals surface area contributed by atoms with Crippen molar-refractivity contribution in [2.75, 3.05) is 13.7 Å². The molecule has 1 saturated heterocycles. The number of amides is 1. The Balaban J connectivity index is 1.48. The third-order valence-corrected chi connectivity index (χ3v) is 6.64. The van der Waals surface area contributed by atoms with Gasteiger partial charge in [-0.05, 0) is 75.0 Å². The molecule has 0 unspecified atom stereocenters. The molecule has 2 saturated carbocycles. The van der Waals surface area contributed by atoms with Crippen LogP contribution in [0.4, 0.5) is 0 Å². The lowest BCUT2D eigenvalue weighted by atomic mass is 9.76. The molecule has 4 rings (SSSR count). The molecule has 3 aliphatic rings. The van der Waals surface area contributed by atoms with E-state index >= 15 is 0 Å². The van der Waals surface area contributed by atoms with Gasteiger partial charge in [0.05, 0.1) is 24.3 Å². The lowest BCUT2D eigenvalue weighted by molar-refractivity contribution is -0.128. The quantitative estimate of drug-likeness (QED) is 0.612. The second kappa shape index (κ2) is 6.64.